The summed E-state index contributed by atoms with van der Waals surface area (Å²) in [6, 6.07) is 15.8. The third kappa shape index (κ3) is 2.07. The number of hydrogen-bond donors (Lipinski definition) is 2. The van der Waals surface area contributed by atoms with Gasteiger partial charge in [0, 0.05) is 11.4 Å². The highest BCUT2D eigenvalue weighted by Crippen LogP contribution is 2.29. The zero-order valence-electron chi connectivity index (χ0n) is 9.05. The van der Waals surface area contributed by atoms with Crippen LogP contribution in [0.1, 0.15) is 0 Å². The molecule has 0 amide bonds. The second kappa shape index (κ2) is 4.07. The summed E-state index contributed by atoms with van der Waals surface area (Å²) < 4.78 is 1.10. The lowest BCUT2D eigenvalue weighted by molar-refractivity contribution is 1.44. The van der Waals surface area contributed by atoms with E-state index in [-0.39, 0.29) is 0 Å². The van der Waals surface area contributed by atoms with Crippen molar-refractivity contribution < 1.29 is 0 Å². The number of anilines is 3. The van der Waals surface area contributed by atoms with Crippen LogP contribution in [0.15, 0.2) is 48.5 Å². The van der Waals surface area contributed by atoms with Crippen molar-refractivity contribution in [1.82, 2.24) is 4.98 Å². The standard InChI is InChI=1S/C13H11N3S/c14-9-6-7-11-12(8-9)17-13(16-11)15-10-4-2-1-3-5-10/h1-8H,14H2,(H,15,16). The maximum Gasteiger partial charge on any atom is 0.188 e. The van der Waals surface area contributed by atoms with E-state index in [1.165, 1.54) is 0 Å². The lowest BCUT2D eigenvalue weighted by atomic mass is 10.3. The summed E-state index contributed by atoms with van der Waals surface area (Å²) in [6.07, 6.45) is 0. The SMILES string of the molecule is Nc1ccc2nc(Nc3ccccc3)sc2c1. The normalized spacial score (nSPS) is 10.6. The molecule has 0 unspecified atom stereocenters. The van der Waals surface area contributed by atoms with Crippen molar-refractivity contribution >= 4 is 38.1 Å². The maximum absolute atomic E-state index is 5.74. The van der Waals surface area contributed by atoms with Crippen LogP contribution in [0, 0.1) is 0 Å². The Morgan fingerprint density at radius 2 is 1.88 bits per heavy atom. The van der Waals surface area contributed by atoms with E-state index in [9.17, 15) is 0 Å². The van der Waals surface area contributed by atoms with Gasteiger partial charge >= 0.3 is 0 Å². The van der Waals surface area contributed by atoms with Crippen molar-refractivity contribution in [2.45, 2.75) is 0 Å². The first kappa shape index (κ1) is 10.1. The first-order valence-corrected chi connectivity index (χ1v) is 6.11. The first-order valence-electron chi connectivity index (χ1n) is 5.29. The Hall–Kier alpha value is -2.07. The van der Waals surface area contributed by atoms with Crippen LogP contribution in [0.3, 0.4) is 0 Å². The molecule has 3 aromatic rings. The highest BCUT2D eigenvalue weighted by Gasteiger charge is 2.03. The number of rotatable bonds is 2. The maximum atomic E-state index is 5.74. The quantitative estimate of drug-likeness (QED) is 0.674. The Kier molecular flexibility index (Phi) is 2.42. The molecule has 0 aliphatic rings. The summed E-state index contributed by atoms with van der Waals surface area (Å²) in [7, 11) is 0. The molecule has 2 aromatic carbocycles. The van der Waals surface area contributed by atoms with Crippen LogP contribution in [-0.2, 0) is 0 Å². The summed E-state index contributed by atoms with van der Waals surface area (Å²) in [5, 5.41) is 4.17. The second-order valence-electron chi connectivity index (χ2n) is 3.74. The van der Waals surface area contributed by atoms with E-state index in [0.29, 0.717) is 0 Å². The summed E-state index contributed by atoms with van der Waals surface area (Å²) >= 11 is 1.60. The number of nitrogens with zero attached hydrogens (tertiary/aromatic N) is 1. The van der Waals surface area contributed by atoms with Gasteiger partial charge in [0.2, 0.25) is 0 Å². The number of nitrogens with one attached hydrogen (secondary N) is 1. The van der Waals surface area contributed by atoms with Gasteiger partial charge in [-0.3, -0.25) is 0 Å². The Morgan fingerprint density at radius 1 is 1.06 bits per heavy atom. The second-order valence-corrected chi connectivity index (χ2v) is 4.77. The molecular weight excluding hydrogens is 230 g/mol. The molecule has 3 nitrogen and oxygen atoms in total. The van der Waals surface area contributed by atoms with E-state index in [0.717, 1.165) is 26.7 Å². The minimum atomic E-state index is 0.771. The number of para-hydroxylation sites is 1. The van der Waals surface area contributed by atoms with Crippen LogP contribution in [0.4, 0.5) is 16.5 Å². The molecule has 0 spiro atoms. The Morgan fingerprint density at radius 3 is 2.71 bits per heavy atom. The van der Waals surface area contributed by atoms with Crippen LogP contribution >= 0.6 is 11.3 Å². The molecule has 0 atom stereocenters. The zero-order chi connectivity index (χ0) is 11.7. The van der Waals surface area contributed by atoms with Gasteiger partial charge in [0.05, 0.1) is 10.2 Å². The van der Waals surface area contributed by atoms with Crippen molar-refractivity contribution in [2.75, 3.05) is 11.1 Å². The van der Waals surface area contributed by atoms with Crippen molar-refractivity contribution in [2.24, 2.45) is 0 Å². The Balaban J connectivity index is 1.96. The number of hydrogen-bond acceptors (Lipinski definition) is 4. The molecule has 0 saturated carbocycles. The van der Waals surface area contributed by atoms with Gasteiger partial charge in [-0.05, 0) is 30.3 Å². The van der Waals surface area contributed by atoms with Gasteiger partial charge in [0.25, 0.3) is 0 Å². The van der Waals surface area contributed by atoms with Crippen molar-refractivity contribution in [3.05, 3.63) is 48.5 Å². The van der Waals surface area contributed by atoms with E-state index in [1.807, 2.05) is 48.5 Å². The monoisotopic (exact) mass is 241 g/mol. The molecule has 3 N–H and O–H groups in total. The smallest absolute Gasteiger partial charge is 0.188 e. The van der Waals surface area contributed by atoms with Crippen molar-refractivity contribution in [3.8, 4) is 0 Å². The average molecular weight is 241 g/mol. The summed E-state index contributed by atoms with van der Waals surface area (Å²) in [4.78, 5) is 4.50. The van der Waals surface area contributed by atoms with Crippen molar-refractivity contribution in [3.63, 3.8) is 0 Å². The number of aromatic nitrogens is 1. The number of benzene rings is 2. The molecule has 1 heterocycles. The summed E-state index contributed by atoms with van der Waals surface area (Å²) in [5.74, 6) is 0. The minimum Gasteiger partial charge on any atom is -0.399 e. The predicted octanol–water partition coefficient (Wildman–Crippen LogP) is 3.62. The largest absolute Gasteiger partial charge is 0.399 e. The lowest BCUT2D eigenvalue weighted by Gasteiger charge is -1.99. The molecule has 17 heavy (non-hydrogen) atoms. The molecule has 0 aliphatic carbocycles. The molecule has 0 saturated heterocycles. The summed E-state index contributed by atoms with van der Waals surface area (Å²) in [5.41, 5.74) is 8.53. The van der Waals surface area contributed by atoms with Crippen LogP contribution in [0.2, 0.25) is 0 Å². The van der Waals surface area contributed by atoms with E-state index in [1.54, 1.807) is 11.3 Å². The summed E-state index contributed by atoms with van der Waals surface area (Å²) in [6.45, 7) is 0. The van der Waals surface area contributed by atoms with Gasteiger partial charge in [-0.15, -0.1) is 0 Å². The Bertz CT molecular complexity index is 646. The highest BCUT2D eigenvalue weighted by molar-refractivity contribution is 7.22. The number of fused-ring (bicyclic) bond motifs is 1. The van der Waals surface area contributed by atoms with E-state index < -0.39 is 0 Å². The number of nitrogens with two attached hydrogens (primary N) is 1. The molecule has 3 rings (SSSR count). The minimum absolute atomic E-state index is 0.771. The van der Waals surface area contributed by atoms with Crippen LogP contribution < -0.4 is 11.1 Å². The van der Waals surface area contributed by atoms with Gasteiger partial charge in [-0.1, -0.05) is 29.5 Å². The highest BCUT2D eigenvalue weighted by atomic mass is 32.1. The fourth-order valence-corrected chi connectivity index (χ4v) is 2.57. The van der Waals surface area contributed by atoms with Crippen LogP contribution in [0.5, 0.6) is 0 Å². The van der Waals surface area contributed by atoms with Gasteiger partial charge in [0.1, 0.15) is 0 Å². The average Bonchev–Trinajstić information content (AvgIpc) is 2.71. The fraction of sp³-hybridized carbons (Fsp3) is 0. The number of nitrogen functional groups attached to an aromatic ring is 1. The van der Waals surface area contributed by atoms with Crippen LogP contribution in [-0.4, -0.2) is 4.98 Å². The molecule has 0 fully saturated rings. The Labute approximate surface area is 103 Å². The topological polar surface area (TPSA) is 50.9 Å². The van der Waals surface area contributed by atoms with Gasteiger partial charge in [-0.2, -0.15) is 0 Å². The first-order chi connectivity index (χ1) is 8.31. The van der Waals surface area contributed by atoms with E-state index in [4.69, 9.17) is 5.73 Å². The fourth-order valence-electron chi connectivity index (χ4n) is 1.64. The molecule has 84 valence electrons. The van der Waals surface area contributed by atoms with Gasteiger partial charge < -0.3 is 11.1 Å². The molecule has 0 bridgehead atoms. The molecule has 4 heteroatoms. The third-order valence-corrected chi connectivity index (χ3v) is 3.37. The van der Waals surface area contributed by atoms with Gasteiger partial charge in [-0.25, -0.2) is 4.98 Å². The lowest BCUT2D eigenvalue weighted by Crippen LogP contribution is -1.87. The molecule has 0 aliphatic heterocycles. The molecule has 0 radical (unpaired) electrons. The van der Waals surface area contributed by atoms with Crippen molar-refractivity contribution in [1.29, 1.82) is 0 Å². The van der Waals surface area contributed by atoms with Crippen LogP contribution in [0.25, 0.3) is 10.2 Å². The third-order valence-electron chi connectivity index (χ3n) is 2.44. The predicted molar refractivity (Wildman–Crippen MR) is 73.8 cm³/mol. The van der Waals surface area contributed by atoms with E-state index >= 15 is 0 Å². The number of thiazole rings is 1. The zero-order valence-corrected chi connectivity index (χ0v) is 9.87. The molecule has 1 aromatic heterocycles. The van der Waals surface area contributed by atoms with Gasteiger partial charge in [0.15, 0.2) is 5.13 Å². The van der Waals surface area contributed by atoms with E-state index in [2.05, 4.69) is 10.3 Å². The molecular formula is C13H11N3S.